The fourth-order valence-corrected chi connectivity index (χ4v) is 1.38. The van der Waals surface area contributed by atoms with Gasteiger partial charge in [-0.15, -0.1) is 0 Å². The minimum atomic E-state index is -0.300. The van der Waals surface area contributed by atoms with E-state index in [1.165, 1.54) is 12.1 Å². The summed E-state index contributed by atoms with van der Waals surface area (Å²) >= 11 is 0. The van der Waals surface area contributed by atoms with Crippen molar-refractivity contribution in [2.24, 2.45) is 0 Å². The van der Waals surface area contributed by atoms with E-state index >= 15 is 0 Å². The Morgan fingerprint density at radius 1 is 1.19 bits per heavy atom. The number of nitrogens with zero attached hydrogens (tertiary/aromatic N) is 1. The topological polar surface area (TPSA) is 50.9 Å². The lowest BCUT2D eigenvalue weighted by molar-refractivity contribution is 0.628. The van der Waals surface area contributed by atoms with Crippen LogP contribution in [-0.2, 0) is 6.54 Å². The normalized spacial score (nSPS) is 10.1. The van der Waals surface area contributed by atoms with Gasteiger partial charge in [-0.2, -0.15) is 0 Å². The summed E-state index contributed by atoms with van der Waals surface area (Å²) in [7, 11) is 0. The van der Waals surface area contributed by atoms with Crippen molar-refractivity contribution < 1.29 is 4.39 Å². The maximum Gasteiger partial charge on any atom is 0.125 e. The molecule has 3 N–H and O–H groups in total. The lowest BCUT2D eigenvalue weighted by Gasteiger charge is -2.09. The van der Waals surface area contributed by atoms with E-state index < -0.39 is 0 Å². The van der Waals surface area contributed by atoms with Gasteiger partial charge in [0, 0.05) is 18.9 Å². The summed E-state index contributed by atoms with van der Waals surface area (Å²) in [5, 5.41) is 3.08. The van der Waals surface area contributed by atoms with Gasteiger partial charge in [-0.1, -0.05) is 0 Å². The molecular weight excluding hydrogens is 205 g/mol. The summed E-state index contributed by atoms with van der Waals surface area (Å²) in [5.41, 5.74) is 7.93. The SMILES string of the molecule is Nc1ccc(F)cc1NCc1ccncc1. The minimum Gasteiger partial charge on any atom is -0.397 e. The number of halogens is 1. The van der Waals surface area contributed by atoms with Gasteiger partial charge in [-0.25, -0.2) is 4.39 Å². The van der Waals surface area contributed by atoms with Crippen LogP contribution in [0.25, 0.3) is 0 Å². The van der Waals surface area contributed by atoms with Crippen LogP contribution in [0.2, 0.25) is 0 Å². The maximum atomic E-state index is 13.0. The third-order valence-corrected chi connectivity index (χ3v) is 2.25. The van der Waals surface area contributed by atoms with Crippen molar-refractivity contribution in [3.8, 4) is 0 Å². The molecule has 4 heteroatoms. The number of hydrogen-bond acceptors (Lipinski definition) is 3. The van der Waals surface area contributed by atoms with Gasteiger partial charge in [0.05, 0.1) is 11.4 Å². The van der Waals surface area contributed by atoms with E-state index in [-0.39, 0.29) is 5.82 Å². The second-order valence-corrected chi connectivity index (χ2v) is 3.44. The Bertz CT molecular complexity index is 471. The van der Waals surface area contributed by atoms with Crippen molar-refractivity contribution >= 4 is 11.4 Å². The van der Waals surface area contributed by atoms with E-state index in [1.807, 2.05) is 12.1 Å². The lowest BCUT2D eigenvalue weighted by Crippen LogP contribution is -2.02. The Morgan fingerprint density at radius 2 is 1.94 bits per heavy atom. The van der Waals surface area contributed by atoms with Crippen LogP contribution in [0.5, 0.6) is 0 Å². The van der Waals surface area contributed by atoms with Crippen LogP contribution in [0, 0.1) is 5.82 Å². The number of hydrogen-bond donors (Lipinski definition) is 2. The molecule has 0 unspecified atom stereocenters. The van der Waals surface area contributed by atoms with E-state index in [9.17, 15) is 4.39 Å². The number of pyridine rings is 1. The van der Waals surface area contributed by atoms with E-state index in [1.54, 1.807) is 18.5 Å². The molecule has 0 radical (unpaired) electrons. The van der Waals surface area contributed by atoms with Crippen molar-refractivity contribution in [2.75, 3.05) is 11.1 Å². The van der Waals surface area contributed by atoms with Gasteiger partial charge in [-0.3, -0.25) is 4.98 Å². The lowest BCUT2D eigenvalue weighted by atomic mass is 10.2. The van der Waals surface area contributed by atoms with Crippen molar-refractivity contribution in [1.82, 2.24) is 4.98 Å². The molecule has 0 aliphatic rings. The molecule has 0 aliphatic carbocycles. The number of rotatable bonds is 3. The highest BCUT2D eigenvalue weighted by atomic mass is 19.1. The predicted molar refractivity (Wildman–Crippen MR) is 62.4 cm³/mol. The molecule has 82 valence electrons. The highest BCUT2D eigenvalue weighted by Gasteiger charge is 2.00. The van der Waals surface area contributed by atoms with Crippen LogP contribution < -0.4 is 11.1 Å². The van der Waals surface area contributed by atoms with E-state index in [2.05, 4.69) is 10.3 Å². The molecule has 0 aliphatic heterocycles. The summed E-state index contributed by atoms with van der Waals surface area (Å²) in [4.78, 5) is 3.92. The number of aromatic nitrogens is 1. The largest absolute Gasteiger partial charge is 0.397 e. The van der Waals surface area contributed by atoms with Crippen molar-refractivity contribution in [3.63, 3.8) is 0 Å². The average molecular weight is 217 g/mol. The predicted octanol–water partition coefficient (Wildman–Crippen LogP) is 2.42. The molecule has 0 fully saturated rings. The van der Waals surface area contributed by atoms with Gasteiger partial charge in [0.2, 0.25) is 0 Å². The molecule has 1 heterocycles. The number of nitrogen functional groups attached to an aromatic ring is 1. The van der Waals surface area contributed by atoms with Gasteiger partial charge >= 0.3 is 0 Å². The van der Waals surface area contributed by atoms with E-state index in [4.69, 9.17) is 5.73 Å². The van der Waals surface area contributed by atoms with Crippen molar-refractivity contribution in [3.05, 3.63) is 54.1 Å². The second-order valence-electron chi connectivity index (χ2n) is 3.44. The Hall–Kier alpha value is -2.10. The molecular formula is C12H12FN3. The van der Waals surface area contributed by atoms with Crippen LogP contribution in [-0.4, -0.2) is 4.98 Å². The highest BCUT2D eigenvalue weighted by molar-refractivity contribution is 5.65. The molecule has 1 aromatic carbocycles. The summed E-state index contributed by atoms with van der Waals surface area (Å²) in [6.07, 6.45) is 3.43. The molecule has 16 heavy (non-hydrogen) atoms. The summed E-state index contributed by atoms with van der Waals surface area (Å²) in [6.45, 7) is 0.593. The molecule has 0 atom stereocenters. The second kappa shape index (κ2) is 4.61. The number of nitrogens with two attached hydrogens (primary N) is 1. The van der Waals surface area contributed by atoms with Gasteiger partial charge in [0.25, 0.3) is 0 Å². The standard InChI is InChI=1S/C12H12FN3/c13-10-1-2-11(14)12(7-10)16-8-9-3-5-15-6-4-9/h1-7,16H,8,14H2. The maximum absolute atomic E-state index is 13.0. The molecule has 2 rings (SSSR count). The molecule has 2 aromatic rings. The highest BCUT2D eigenvalue weighted by Crippen LogP contribution is 2.19. The molecule has 0 spiro atoms. The van der Waals surface area contributed by atoms with E-state index in [0.717, 1.165) is 5.56 Å². The Balaban J connectivity index is 2.08. The van der Waals surface area contributed by atoms with Crippen LogP contribution in [0.3, 0.4) is 0 Å². The Kier molecular flexibility index (Phi) is 3.00. The van der Waals surface area contributed by atoms with Gasteiger partial charge in [0.15, 0.2) is 0 Å². The molecule has 1 aromatic heterocycles. The zero-order chi connectivity index (χ0) is 11.4. The Morgan fingerprint density at radius 3 is 2.69 bits per heavy atom. The average Bonchev–Trinajstić information content (AvgIpc) is 2.32. The summed E-state index contributed by atoms with van der Waals surface area (Å²) in [5.74, 6) is -0.300. The van der Waals surface area contributed by atoms with Gasteiger partial charge in [0.1, 0.15) is 5.82 Å². The summed E-state index contributed by atoms with van der Waals surface area (Å²) in [6, 6.07) is 8.05. The minimum absolute atomic E-state index is 0.300. The molecule has 3 nitrogen and oxygen atoms in total. The first-order valence-corrected chi connectivity index (χ1v) is 4.93. The van der Waals surface area contributed by atoms with Crippen LogP contribution in [0.1, 0.15) is 5.56 Å². The first kappa shape index (κ1) is 10.4. The number of anilines is 2. The summed E-state index contributed by atoms with van der Waals surface area (Å²) < 4.78 is 13.0. The van der Waals surface area contributed by atoms with Crippen LogP contribution in [0.4, 0.5) is 15.8 Å². The molecule has 0 bridgehead atoms. The van der Waals surface area contributed by atoms with Crippen LogP contribution in [0.15, 0.2) is 42.7 Å². The van der Waals surface area contributed by atoms with Gasteiger partial charge in [-0.05, 0) is 35.9 Å². The van der Waals surface area contributed by atoms with Gasteiger partial charge < -0.3 is 11.1 Å². The molecule has 0 saturated carbocycles. The molecule has 0 saturated heterocycles. The van der Waals surface area contributed by atoms with E-state index in [0.29, 0.717) is 17.9 Å². The number of nitrogens with one attached hydrogen (secondary N) is 1. The zero-order valence-corrected chi connectivity index (χ0v) is 8.65. The zero-order valence-electron chi connectivity index (χ0n) is 8.65. The number of benzene rings is 1. The monoisotopic (exact) mass is 217 g/mol. The third-order valence-electron chi connectivity index (χ3n) is 2.25. The fourth-order valence-electron chi connectivity index (χ4n) is 1.38. The third kappa shape index (κ3) is 2.48. The van der Waals surface area contributed by atoms with Crippen molar-refractivity contribution in [2.45, 2.75) is 6.54 Å². The Labute approximate surface area is 93.1 Å². The van der Waals surface area contributed by atoms with Crippen molar-refractivity contribution in [1.29, 1.82) is 0 Å². The first-order valence-electron chi connectivity index (χ1n) is 4.93. The molecule has 0 amide bonds. The quantitative estimate of drug-likeness (QED) is 0.776. The smallest absolute Gasteiger partial charge is 0.125 e. The van der Waals surface area contributed by atoms with Crippen LogP contribution >= 0.6 is 0 Å². The fraction of sp³-hybridized carbons (Fsp3) is 0.0833. The first-order chi connectivity index (χ1) is 7.75.